The zero-order valence-corrected chi connectivity index (χ0v) is 13.7. The average Bonchev–Trinajstić information content (AvgIpc) is 2.51. The number of nitro groups is 1. The van der Waals surface area contributed by atoms with Crippen molar-refractivity contribution < 1.29 is 14.8 Å². The van der Waals surface area contributed by atoms with Crippen LogP contribution < -0.4 is 5.32 Å². The first-order valence-corrected chi connectivity index (χ1v) is 7.44. The van der Waals surface area contributed by atoms with Gasteiger partial charge in [-0.2, -0.15) is 0 Å². The van der Waals surface area contributed by atoms with E-state index in [1.165, 1.54) is 18.2 Å². The number of carbonyl (C=O) groups is 1. The van der Waals surface area contributed by atoms with Crippen LogP contribution in [0.4, 0.5) is 11.4 Å². The second-order valence-electron chi connectivity index (χ2n) is 5.27. The zero-order valence-electron chi connectivity index (χ0n) is 12.9. The fraction of sp³-hybridized carbons (Fsp3) is 0.188. The Kier molecular flexibility index (Phi) is 5.73. The molecule has 0 fully saturated rings. The van der Waals surface area contributed by atoms with Gasteiger partial charge in [0.05, 0.1) is 22.2 Å². The number of carbonyl (C=O) groups excluding carboxylic acids is 1. The predicted molar refractivity (Wildman–Crippen MR) is 91.2 cm³/mol. The highest BCUT2D eigenvalue weighted by Gasteiger charge is 2.14. The number of nitro benzene ring substituents is 1. The Morgan fingerprint density at radius 1 is 1.33 bits per heavy atom. The number of amides is 1. The number of hydrogen-bond acceptors (Lipinski definition) is 5. The van der Waals surface area contributed by atoms with E-state index in [4.69, 9.17) is 11.6 Å². The van der Waals surface area contributed by atoms with E-state index >= 15 is 0 Å². The van der Waals surface area contributed by atoms with Gasteiger partial charge in [-0.25, -0.2) is 0 Å². The highest BCUT2D eigenvalue weighted by Crippen LogP contribution is 2.24. The third-order valence-electron chi connectivity index (χ3n) is 3.28. The third-order valence-corrected chi connectivity index (χ3v) is 3.61. The number of non-ortho nitro benzene ring substituents is 1. The Balaban J connectivity index is 1.99. The van der Waals surface area contributed by atoms with Crippen LogP contribution in [-0.4, -0.2) is 34.4 Å². The number of rotatable bonds is 6. The summed E-state index contributed by atoms with van der Waals surface area (Å²) in [5.74, 6) is -0.338. The van der Waals surface area contributed by atoms with Gasteiger partial charge in [0, 0.05) is 24.2 Å². The van der Waals surface area contributed by atoms with Gasteiger partial charge in [0.1, 0.15) is 5.75 Å². The lowest BCUT2D eigenvalue weighted by atomic mass is 10.1. The normalized spacial score (nSPS) is 10.6. The first-order valence-electron chi connectivity index (χ1n) is 7.06. The average molecular weight is 350 g/mol. The van der Waals surface area contributed by atoms with E-state index in [1.807, 2.05) is 0 Å². The summed E-state index contributed by atoms with van der Waals surface area (Å²) in [5, 5.41) is 23.7. The SMILES string of the molecule is CN(CC(=O)Nc1ccccc1Cl)Cc1cc([N+](=O)[O-])ccc1O. The molecule has 1 amide bonds. The molecule has 126 valence electrons. The number of nitrogens with zero attached hydrogens (tertiary/aromatic N) is 2. The van der Waals surface area contributed by atoms with Gasteiger partial charge in [-0.15, -0.1) is 0 Å². The summed E-state index contributed by atoms with van der Waals surface area (Å²) in [6.07, 6.45) is 0. The molecule has 2 N–H and O–H groups in total. The number of halogens is 1. The predicted octanol–water partition coefficient (Wildman–Crippen LogP) is 3.02. The van der Waals surface area contributed by atoms with E-state index in [0.29, 0.717) is 16.3 Å². The van der Waals surface area contributed by atoms with Crippen LogP contribution in [0, 0.1) is 10.1 Å². The van der Waals surface area contributed by atoms with Crippen LogP contribution in [-0.2, 0) is 11.3 Å². The molecular weight excluding hydrogens is 334 g/mol. The first kappa shape index (κ1) is 17.7. The van der Waals surface area contributed by atoms with Gasteiger partial charge >= 0.3 is 0 Å². The number of aromatic hydroxyl groups is 1. The number of phenolic OH excluding ortho intramolecular Hbond substituents is 1. The lowest BCUT2D eigenvalue weighted by molar-refractivity contribution is -0.385. The molecular formula is C16H16ClN3O4. The van der Waals surface area contributed by atoms with Crippen molar-refractivity contribution in [3.8, 4) is 5.75 Å². The lowest BCUT2D eigenvalue weighted by Gasteiger charge is -2.17. The van der Waals surface area contributed by atoms with E-state index in [9.17, 15) is 20.0 Å². The Morgan fingerprint density at radius 3 is 2.71 bits per heavy atom. The van der Waals surface area contributed by atoms with Crippen molar-refractivity contribution in [2.45, 2.75) is 6.54 Å². The highest BCUT2D eigenvalue weighted by molar-refractivity contribution is 6.33. The summed E-state index contributed by atoms with van der Waals surface area (Å²) in [6, 6.07) is 10.7. The van der Waals surface area contributed by atoms with Crippen LogP contribution in [0.25, 0.3) is 0 Å². The second-order valence-corrected chi connectivity index (χ2v) is 5.68. The van der Waals surface area contributed by atoms with Crippen molar-refractivity contribution in [3.05, 3.63) is 63.2 Å². The van der Waals surface area contributed by atoms with Crippen LogP contribution in [0.3, 0.4) is 0 Å². The maximum Gasteiger partial charge on any atom is 0.270 e. The Morgan fingerprint density at radius 2 is 2.04 bits per heavy atom. The van der Waals surface area contributed by atoms with E-state index in [1.54, 1.807) is 36.2 Å². The minimum Gasteiger partial charge on any atom is -0.508 e. The third kappa shape index (κ3) is 4.68. The van der Waals surface area contributed by atoms with Gasteiger partial charge in [-0.05, 0) is 25.2 Å². The van der Waals surface area contributed by atoms with Crippen LogP contribution in [0.1, 0.15) is 5.56 Å². The molecule has 0 saturated carbocycles. The van der Waals surface area contributed by atoms with Gasteiger partial charge in [0.15, 0.2) is 0 Å². The summed E-state index contributed by atoms with van der Waals surface area (Å²) >= 11 is 5.98. The van der Waals surface area contributed by atoms with Gasteiger partial charge < -0.3 is 10.4 Å². The smallest absolute Gasteiger partial charge is 0.270 e. The van der Waals surface area contributed by atoms with Crippen LogP contribution in [0.5, 0.6) is 5.75 Å². The Labute approximate surface area is 143 Å². The number of benzene rings is 2. The number of phenols is 1. The number of hydrogen-bond donors (Lipinski definition) is 2. The zero-order chi connectivity index (χ0) is 17.7. The van der Waals surface area contributed by atoms with Crippen molar-refractivity contribution in [2.75, 3.05) is 18.9 Å². The summed E-state index contributed by atoms with van der Waals surface area (Å²) in [5.41, 5.74) is 0.768. The molecule has 7 nitrogen and oxygen atoms in total. The molecule has 2 aromatic rings. The molecule has 24 heavy (non-hydrogen) atoms. The number of nitrogens with one attached hydrogen (secondary N) is 1. The Bertz CT molecular complexity index is 767. The van der Waals surface area contributed by atoms with E-state index in [0.717, 1.165) is 0 Å². The van der Waals surface area contributed by atoms with Gasteiger partial charge in [-0.1, -0.05) is 23.7 Å². The molecule has 0 unspecified atom stereocenters. The number of likely N-dealkylation sites (N-methyl/N-ethyl adjacent to an activating group) is 1. The number of anilines is 1. The fourth-order valence-electron chi connectivity index (χ4n) is 2.16. The van der Waals surface area contributed by atoms with Crippen LogP contribution >= 0.6 is 11.6 Å². The van der Waals surface area contributed by atoms with E-state index in [2.05, 4.69) is 5.32 Å². The van der Waals surface area contributed by atoms with Crippen molar-refractivity contribution in [1.29, 1.82) is 0 Å². The van der Waals surface area contributed by atoms with E-state index < -0.39 is 4.92 Å². The van der Waals surface area contributed by atoms with Crippen molar-refractivity contribution >= 4 is 28.9 Å². The van der Waals surface area contributed by atoms with Crippen molar-refractivity contribution in [1.82, 2.24) is 4.90 Å². The summed E-state index contributed by atoms with van der Waals surface area (Å²) < 4.78 is 0. The molecule has 2 aromatic carbocycles. The Hall–Kier alpha value is -2.64. The summed E-state index contributed by atoms with van der Waals surface area (Å²) in [4.78, 5) is 23.9. The molecule has 0 spiro atoms. The van der Waals surface area contributed by atoms with Crippen molar-refractivity contribution in [3.63, 3.8) is 0 Å². The van der Waals surface area contributed by atoms with Gasteiger partial charge in [-0.3, -0.25) is 19.8 Å². The number of para-hydroxylation sites is 1. The maximum atomic E-state index is 12.0. The molecule has 0 aliphatic rings. The largest absolute Gasteiger partial charge is 0.508 e. The molecule has 0 saturated heterocycles. The van der Waals surface area contributed by atoms with E-state index in [-0.39, 0.29) is 30.4 Å². The van der Waals surface area contributed by atoms with Crippen LogP contribution in [0.2, 0.25) is 5.02 Å². The minimum absolute atomic E-state index is 0.0351. The molecule has 0 heterocycles. The molecule has 0 bridgehead atoms. The topological polar surface area (TPSA) is 95.7 Å². The monoisotopic (exact) mass is 349 g/mol. The lowest BCUT2D eigenvalue weighted by Crippen LogP contribution is -2.30. The van der Waals surface area contributed by atoms with Crippen LogP contribution in [0.15, 0.2) is 42.5 Å². The maximum absolute atomic E-state index is 12.0. The van der Waals surface area contributed by atoms with Crippen molar-refractivity contribution in [2.24, 2.45) is 0 Å². The molecule has 0 aliphatic carbocycles. The minimum atomic E-state index is -0.535. The summed E-state index contributed by atoms with van der Waals surface area (Å²) in [7, 11) is 1.67. The summed E-state index contributed by atoms with van der Waals surface area (Å²) in [6.45, 7) is 0.219. The second kappa shape index (κ2) is 7.76. The van der Waals surface area contributed by atoms with Gasteiger partial charge in [0.25, 0.3) is 5.69 Å². The fourth-order valence-corrected chi connectivity index (χ4v) is 2.34. The quantitative estimate of drug-likeness (QED) is 0.617. The molecule has 0 radical (unpaired) electrons. The molecule has 0 atom stereocenters. The molecule has 2 rings (SSSR count). The highest BCUT2D eigenvalue weighted by atomic mass is 35.5. The first-order chi connectivity index (χ1) is 11.4. The van der Waals surface area contributed by atoms with Gasteiger partial charge in [0.2, 0.25) is 5.91 Å². The molecule has 0 aromatic heterocycles. The molecule has 8 heteroatoms. The standard InChI is InChI=1S/C16H16ClN3O4/c1-19(9-11-8-12(20(23)24)6-7-15(11)21)10-16(22)18-14-5-3-2-4-13(14)17/h2-8,21H,9-10H2,1H3,(H,18,22). The molecule has 0 aliphatic heterocycles.